The van der Waals surface area contributed by atoms with E-state index in [1.807, 2.05) is 44.2 Å². The molecule has 1 N–H and O–H groups in total. The van der Waals surface area contributed by atoms with Crippen molar-refractivity contribution in [3.05, 3.63) is 35.9 Å². The van der Waals surface area contributed by atoms with Crippen molar-refractivity contribution in [3.63, 3.8) is 0 Å². The van der Waals surface area contributed by atoms with Crippen molar-refractivity contribution >= 4 is 17.7 Å². The first-order valence-electron chi connectivity index (χ1n) is 5.08. The Balaban J connectivity index is 2.62. The molecule has 0 aliphatic rings. The fraction of sp³-hybridized carbons (Fsp3) is 0.417. The van der Waals surface area contributed by atoms with Gasteiger partial charge in [-0.25, -0.2) is 0 Å². The van der Waals surface area contributed by atoms with Gasteiger partial charge in [0.2, 0.25) is 0 Å². The molecule has 82 valence electrons. The van der Waals surface area contributed by atoms with Crippen LogP contribution in [0.3, 0.4) is 0 Å². The van der Waals surface area contributed by atoms with Gasteiger partial charge in [0.1, 0.15) is 5.25 Å². The molecule has 0 amide bonds. The molecule has 0 bridgehead atoms. The summed E-state index contributed by atoms with van der Waals surface area (Å²) < 4.78 is 0. The quantitative estimate of drug-likeness (QED) is 0.833. The highest BCUT2D eigenvalue weighted by Crippen LogP contribution is 2.32. The fourth-order valence-electron chi connectivity index (χ4n) is 1.38. The summed E-state index contributed by atoms with van der Waals surface area (Å²) in [6, 6.07) is 10.00. The summed E-state index contributed by atoms with van der Waals surface area (Å²) in [4.78, 5) is 10.9. The third-order valence-electron chi connectivity index (χ3n) is 2.28. The Labute approximate surface area is 94.7 Å². The van der Waals surface area contributed by atoms with E-state index < -0.39 is 5.97 Å². The Morgan fingerprint density at radius 2 is 2.00 bits per heavy atom. The zero-order valence-electron chi connectivity index (χ0n) is 9.01. The Morgan fingerprint density at radius 1 is 1.40 bits per heavy atom. The number of thioether (sulfide) groups is 1. The van der Waals surface area contributed by atoms with Crippen LogP contribution in [0.5, 0.6) is 0 Å². The maximum absolute atomic E-state index is 10.9. The van der Waals surface area contributed by atoms with Gasteiger partial charge in [-0.2, -0.15) is 0 Å². The van der Waals surface area contributed by atoms with Crippen LogP contribution in [0.1, 0.15) is 31.1 Å². The van der Waals surface area contributed by atoms with Crippen molar-refractivity contribution in [2.75, 3.05) is 0 Å². The molecule has 1 aromatic carbocycles. The van der Waals surface area contributed by atoms with Crippen LogP contribution in [0.25, 0.3) is 0 Å². The lowest BCUT2D eigenvalue weighted by molar-refractivity contribution is -0.136. The van der Waals surface area contributed by atoms with Gasteiger partial charge in [-0.1, -0.05) is 37.3 Å². The largest absolute Gasteiger partial charge is 0.480 e. The Bertz CT molecular complexity index is 311. The third-order valence-corrected chi connectivity index (χ3v) is 3.83. The second-order valence-corrected chi connectivity index (χ2v) is 4.97. The van der Waals surface area contributed by atoms with Crippen LogP contribution in [0.15, 0.2) is 30.3 Å². The summed E-state index contributed by atoms with van der Waals surface area (Å²) in [6.45, 7) is 3.95. The summed E-state index contributed by atoms with van der Waals surface area (Å²) in [5, 5.41) is 8.87. The lowest BCUT2D eigenvalue weighted by Gasteiger charge is -2.16. The van der Waals surface area contributed by atoms with E-state index in [-0.39, 0.29) is 10.5 Å². The molecule has 1 rings (SSSR count). The fourth-order valence-corrected chi connectivity index (χ4v) is 2.49. The second kappa shape index (κ2) is 5.81. The smallest absolute Gasteiger partial charge is 0.316 e. The standard InChI is InChI=1S/C12H16O2S/c1-3-11(12(13)14)15-9(2)10-7-5-4-6-8-10/h4-9,11H,3H2,1-2H3,(H,13,14). The van der Waals surface area contributed by atoms with Crippen molar-refractivity contribution in [3.8, 4) is 0 Å². The highest BCUT2D eigenvalue weighted by atomic mass is 32.2. The highest BCUT2D eigenvalue weighted by Gasteiger charge is 2.19. The van der Waals surface area contributed by atoms with Crippen molar-refractivity contribution in [2.24, 2.45) is 0 Å². The number of carbonyl (C=O) groups is 1. The van der Waals surface area contributed by atoms with Crippen LogP contribution in [-0.4, -0.2) is 16.3 Å². The zero-order chi connectivity index (χ0) is 11.3. The predicted molar refractivity (Wildman–Crippen MR) is 64.2 cm³/mol. The number of benzene rings is 1. The molecule has 3 heteroatoms. The molecular formula is C12H16O2S. The molecule has 0 radical (unpaired) electrons. The van der Waals surface area contributed by atoms with Gasteiger partial charge in [0, 0.05) is 5.25 Å². The van der Waals surface area contributed by atoms with Gasteiger partial charge in [0.25, 0.3) is 0 Å². The van der Waals surface area contributed by atoms with Gasteiger partial charge < -0.3 is 5.11 Å². The van der Waals surface area contributed by atoms with Crippen molar-refractivity contribution in [1.29, 1.82) is 0 Å². The summed E-state index contributed by atoms with van der Waals surface area (Å²) in [7, 11) is 0. The van der Waals surface area contributed by atoms with E-state index in [1.165, 1.54) is 17.3 Å². The summed E-state index contributed by atoms with van der Waals surface area (Å²) in [5.41, 5.74) is 1.18. The summed E-state index contributed by atoms with van der Waals surface area (Å²) in [5.74, 6) is -0.717. The molecule has 2 nitrogen and oxygen atoms in total. The first-order chi connectivity index (χ1) is 7.15. The SMILES string of the molecule is CCC(SC(C)c1ccccc1)C(=O)O. The second-order valence-electron chi connectivity index (χ2n) is 3.42. The minimum absolute atomic E-state index is 0.229. The van der Waals surface area contributed by atoms with E-state index >= 15 is 0 Å². The minimum Gasteiger partial charge on any atom is -0.480 e. The van der Waals surface area contributed by atoms with E-state index in [9.17, 15) is 4.79 Å². The molecule has 0 aromatic heterocycles. The first kappa shape index (κ1) is 12.1. The number of hydrogen-bond acceptors (Lipinski definition) is 2. The monoisotopic (exact) mass is 224 g/mol. The van der Waals surface area contributed by atoms with Crippen LogP contribution < -0.4 is 0 Å². The van der Waals surface area contributed by atoms with Gasteiger partial charge in [-0.3, -0.25) is 4.79 Å². The van der Waals surface area contributed by atoms with E-state index in [0.29, 0.717) is 6.42 Å². The van der Waals surface area contributed by atoms with Gasteiger partial charge in [-0.15, -0.1) is 11.8 Å². The maximum Gasteiger partial charge on any atom is 0.316 e. The van der Waals surface area contributed by atoms with Crippen molar-refractivity contribution in [2.45, 2.75) is 30.8 Å². The molecular weight excluding hydrogens is 208 g/mol. The average Bonchev–Trinajstić information content (AvgIpc) is 2.26. The van der Waals surface area contributed by atoms with E-state index in [1.54, 1.807) is 0 Å². The molecule has 0 saturated carbocycles. The first-order valence-corrected chi connectivity index (χ1v) is 6.02. The lowest BCUT2D eigenvalue weighted by atomic mass is 10.2. The zero-order valence-corrected chi connectivity index (χ0v) is 9.83. The number of aliphatic carboxylic acids is 1. The Hall–Kier alpha value is -0.960. The predicted octanol–water partition coefficient (Wildman–Crippen LogP) is 3.34. The van der Waals surface area contributed by atoms with Gasteiger partial charge in [0.05, 0.1) is 0 Å². The van der Waals surface area contributed by atoms with Crippen molar-refractivity contribution in [1.82, 2.24) is 0 Å². The van der Waals surface area contributed by atoms with Crippen molar-refractivity contribution < 1.29 is 9.90 Å². The third kappa shape index (κ3) is 3.59. The molecule has 0 aliphatic carbocycles. The number of carboxylic acid groups (broad SMARTS) is 1. The van der Waals surface area contributed by atoms with Crippen LogP contribution in [0.4, 0.5) is 0 Å². The molecule has 0 spiro atoms. The summed E-state index contributed by atoms with van der Waals surface area (Å²) in [6.07, 6.45) is 0.664. The molecule has 2 unspecified atom stereocenters. The molecule has 2 atom stereocenters. The number of rotatable bonds is 5. The Morgan fingerprint density at radius 3 is 2.47 bits per heavy atom. The summed E-state index contributed by atoms with van der Waals surface area (Å²) >= 11 is 1.51. The average molecular weight is 224 g/mol. The molecule has 15 heavy (non-hydrogen) atoms. The molecule has 1 aromatic rings. The van der Waals surface area contributed by atoms with Crippen LogP contribution >= 0.6 is 11.8 Å². The molecule has 0 heterocycles. The maximum atomic E-state index is 10.9. The topological polar surface area (TPSA) is 37.3 Å². The number of hydrogen-bond donors (Lipinski definition) is 1. The normalized spacial score (nSPS) is 14.5. The number of carboxylic acids is 1. The minimum atomic E-state index is -0.717. The molecule has 0 aliphatic heterocycles. The van der Waals surface area contributed by atoms with Crippen LogP contribution in [0, 0.1) is 0 Å². The van der Waals surface area contributed by atoms with Gasteiger partial charge >= 0.3 is 5.97 Å². The highest BCUT2D eigenvalue weighted by molar-refractivity contribution is 8.00. The van der Waals surface area contributed by atoms with E-state index in [0.717, 1.165) is 0 Å². The lowest BCUT2D eigenvalue weighted by Crippen LogP contribution is -2.16. The van der Waals surface area contributed by atoms with E-state index in [2.05, 4.69) is 0 Å². The Kier molecular flexibility index (Phi) is 4.69. The van der Waals surface area contributed by atoms with Crippen LogP contribution in [-0.2, 0) is 4.79 Å². The van der Waals surface area contributed by atoms with Gasteiger partial charge in [0.15, 0.2) is 0 Å². The molecule has 0 saturated heterocycles. The van der Waals surface area contributed by atoms with E-state index in [4.69, 9.17) is 5.11 Å². The molecule has 0 fully saturated rings. The van der Waals surface area contributed by atoms with Crippen LogP contribution in [0.2, 0.25) is 0 Å². The van der Waals surface area contributed by atoms with Gasteiger partial charge in [-0.05, 0) is 18.9 Å².